The van der Waals surface area contributed by atoms with Crippen LogP contribution in [0.3, 0.4) is 0 Å². The molecule has 3 rings (SSSR count). The van der Waals surface area contributed by atoms with Crippen molar-refractivity contribution < 1.29 is 17.9 Å². The lowest BCUT2D eigenvalue weighted by atomic mass is 10.3. The van der Waals surface area contributed by atoms with Crippen LogP contribution in [0.1, 0.15) is 12.8 Å². The molecule has 1 N–H and O–H groups in total. The van der Waals surface area contributed by atoms with E-state index < -0.39 is 10.0 Å². The second-order valence-electron chi connectivity index (χ2n) is 6.69. The van der Waals surface area contributed by atoms with Gasteiger partial charge in [-0.1, -0.05) is 23.2 Å². The molecule has 11 heteroatoms. The van der Waals surface area contributed by atoms with Crippen LogP contribution in [0.15, 0.2) is 40.6 Å². The van der Waals surface area contributed by atoms with Crippen molar-refractivity contribution in [2.24, 2.45) is 0 Å². The van der Waals surface area contributed by atoms with Crippen LogP contribution in [0.4, 0.5) is 4.79 Å². The molecule has 1 aliphatic rings. The third-order valence-corrected chi connectivity index (χ3v) is 8.45. The summed E-state index contributed by atoms with van der Waals surface area (Å²) in [6.45, 7) is 2.32. The number of ether oxygens (including phenoxy) is 1. The van der Waals surface area contributed by atoms with Gasteiger partial charge in [-0.2, -0.15) is 4.31 Å². The number of carbonyl (C=O) groups excluding carboxylic acids is 1. The van der Waals surface area contributed by atoms with Crippen LogP contribution in [-0.4, -0.2) is 63.0 Å². The first kappa shape index (κ1) is 23.1. The van der Waals surface area contributed by atoms with E-state index in [9.17, 15) is 13.2 Å². The van der Waals surface area contributed by atoms with E-state index >= 15 is 0 Å². The molecule has 30 heavy (non-hydrogen) atoms. The Balaban J connectivity index is 1.33. The molecule has 1 aliphatic heterocycles. The Hall–Kier alpha value is -1.52. The highest BCUT2D eigenvalue weighted by Gasteiger charge is 2.31. The van der Waals surface area contributed by atoms with Crippen LogP contribution < -0.4 is 10.1 Å². The van der Waals surface area contributed by atoms with Crippen molar-refractivity contribution >= 4 is 50.6 Å². The summed E-state index contributed by atoms with van der Waals surface area (Å²) in [5.41, 5.74) is 0. The van der Waals surface area contributed by atoms with Crippen LogP contribution in [0.5, 0.6) is 5.75 Å². The second-order valence-corrected chi connectivity index (χ2v) is 11.0. The summed E-state index contributed by atoms with van der Waals surface area (Å²) in [6, 6.07) is 10.1. The van der Waals surface area contributed by atoms with Crippen molar-refractivity contribution in [3.05, 3.63) is 45.8 Å². The zero-order chi connectivity index (χ0) is 21.6. The molecule has 1 aromatic carbocycles. The maximum atomic E-state index is 12.6. The van der Waals surface area contributed by atoms with Gasteiger partial charge in [-0.15, -0.1) is 11.3 Å². The summed E-state index contributed by atoms with van der Waals surface area (Å²) >= 11 is 12.7. The van der Waals surface area contributed by atoms with Gasteiger partial charge in [-0.3, -0.25) is 0 Å². The van der Waals surface area contributed by atoms with Crippen LogP contribution in [0.25, 0.3) is 0 Å². The highest BCUT2D eigenvalue weighted by molar-refractivity contribution is 7.91. The Morgan fingerprint density at radius 1 is 1.03 bits per heavy atom. The van der Waals surface area contributed by atoms with Crippen LogP contribution in [0.2, 0.25) is 9.36 Å². The Kier molecular flexibility index (Phi) is 8.24. The molecule has 1 saturated heterocycles. The number of halogens is 2. The van der Waals surface area contributed by atoms with Crippen molar-refractivity contribution in [2.45, 2.75) is 17.1 Å². The summed E-state index contributed by atoms with van der Waals surface area (Å²) in [5, 5.41) is 3.54. The Morgan fingerprint density at radius 2 is 1.73 bits per heavy atom. The predicted octanol–water partition coefficient (Wildman–Crippen LogP) is 3.93. The Labute approximate surface area is 190 Å². The van der Waals surface area contributed by atoms with Gasteiger partial charge in [0.25, 0.3) is 10.0 Å². The van der Waals surface area contributed by atoms with E-state index in [1.165, 1.54) is 10.4 Å². The van der Waals surface area contributed by atoms with Crippen molar-refractivity contribution in [3.8, 4) is 5.75 Å². The summed E-state index contributed by atoms with van der Waals surface area (Å²) in [6.07, 6.45) is 1.59. The van der Waals surface area contributed by atoms with Gasteiger partial charge in [0.2, 0.25) is 0 Å². The lowest BCUT2D eigenvalue weighted by Crippen LogP contribution is -2.53. The second kappa shape index (κ2) is 10.7. The highest BCUT2D eigenvalue weighted by atomic mass is 35.5. The quantitative estimate of drug-likeness (QED) is 0.567. The minimum atomic E-state index is -3.56. The van der Waals surface area contributed by atoms with E-state index in [4.69, 9.17) is 27.9 Å². The standard InChI is InChI=1S/C19H23Cl2N3O4S2/c20-15-3-5-16(6-4-15)28-14-2-1-9-22-19(25)23-10-12-24(13-11-23)30(26,27)18-8-7-17(21)29-18/h3-8H,1-2,9-14H2,(H,22,25). The third kappa shape index (κ3) is 6.24. The van der Waals surface area contributed by atoms with E-state index in [2.05, 4.69) is 5.32 Å². The number of unbranched alkanes of at least 4 members (excludes halogenated alkanes) is 1. The first-order valence-corrected chi connectivity index (χ1v) is 12.5. The molecule has 0 radical (unpaired) electrons. The van der Waals surface area contributed by atoms with Crippen LogP contribution >= 0.6 is 34.5 Å². The zero-order valence-corrected chi connectivity index (χ0v) is 19.4. The van der Waals surface area contributed by atoms with Gasteiger partial charge < -0.3 is 15.0 Å². The normalized spacial score (nSPS) is 15.2. The summed E-state index contributed by atoms with van der Waals surface area (Å²) in [7, 11) is -3.56. The summed E-state index contributed by atoms with van der Waals surface area (Å²) in [5.74, 6) is 0.765. The van der Waals surface area contributed by atoms with E-state index in [0.29, 0.717) is 35.6 Å². The molecule has 2 amide bonds. The fraction of sp³-hybridized carbons (Fsp3) is 0.421. The van der Waals surface area contributed by atoms with Crippen LogP contribution in [0, 0.1) is 0 Å². The van der Waals surface area contributed by atoms with Gasteiger partial charge in [0, 0.05) is 37.7 Å². The van der Waals surface area contributed by atoms with Crippen molar-refractivity contribution in [1.82, 2.24) is 14.5 Å². The number of nitrogens with zero attached hydrogens (tertiary/aromatic N) is 2. The van der Waals surface area contributed by atoms with Crippen LogP contribution in [-0.2, 0) is 10.0 Å². The molecular formula is C19H23Cl2N3O4S2. The number of hydrogen-bond acceptors (Lipinski definition) is 5. The number of benzene rings is 1. The Morgan fingerprint density at radius 3 is 2.37 bits per heavy atom. The summed E-state index contributed by atoms with van der Waals surface area (Å²) in [4.78, 5) is 13.9. The molecule has 0 atom stereocenters. The minimum absolute atomic E-state index is 0.176. The largest absolute Gasteiger partial charge is 0.494 e. The SMILES string of the molecule is O=C(NCCCCOc1ccc(Cl)cc1)N1CCN(S(=O)(=O)c2ccc(Cl)s2)CC1. The molecular weight excluding hydrogens is 469 g/mol. The molecule has 1 aromatic heterocycles. The first-order chi connectivity index (χ1) is 14.4. The Bertz CT molecular complexity index is 943. The van der Waals surface area contributed by atoms with Crippen molar-refractivity contribution in [1.29, 1.82) is 0 Å². The number of thiophene rings is 1. The molecule has 0 spiro atoms. The van der Waals surface area contributed by atoms with Gasteiger partial charge in [0.1, 0.15) is 9.96 Å². The smallest absolute Gasteiger partial charge is 0.317 e. The minimum Gasteiger partial charge on any atom is -0.494 e. The van der Waals surface area contributed by atoms with E-state index in [-0.39, 0.29) is 23.3 Å². The average molecular weight is 492 g/mol. The molecule has 0 bridgehead atoms. The fourth-order valence-electron chi connectivity index (χ4n) is 2.95. The molecule has 2 aromatic rings. The van der Waals surface area contributed by atoms with Gasteiger partial charge in [0.15, 0.2) is 0 Å². The highest BCUT2D eigenvalue weighted by Crippen LogP contribution is 2.28. The predicted molar refractivity (Wildman–Crippen MR) is 119 cm³/mol. The van der Waals surface area contributed by atoms with Crippen molar-refractivity contribution in [3.63, 3.8) is 0 Å². The molecule has 0 aliphatic carbocycles. The van der Waals surface area contributed by atoms with Crippen molar-refractivity contribution in [2.75, 3.05) is 39.3 Å². The number of carbonyl (C=O) groups is 1. The third-order valence-electron chi connectivity index (χ3n) is 4.60. The number of amides is 2. The number of urea groups is 1. The van der Waals surface area contributed by atoms with E-state index in [1.807, 2.05) is 12.1 Å². The zero-order valence-electron chi connectivity index (χ0n) is 16.2. The lowest BCUT2D eigenvalue weighted by Gasteiger charge is -2.33. The topological polar surface area (TPSA) is 79.0 Å². The lowest BCUT2D eigenvalue weighted by molar-refractivity contribution is 0.172. The van der Waals surface area contributed by atoms with E-state index in [0.717, 1.165) is 29.9 Å². The fourth-order valence-corrected chi connectivity index (χ4v) is 6.14. The van der Waals surface area contributed by atoms with Gasteiger partial charge in [0.05, 0.1) is 10.9 Å². The average Bonchev–Trinajstić information content (AvgIpc) is 3.19. The number of sulfonamides is 1. The van der Waals surface area contributed by atoms with Gasteiger partial charge >= 0.3 is 6.03 Å². The number of hydrogen-bond donors (Lipinski definition) is 1. The summed E-state index contributed by atoms with van der Waals surface area (Å²) < 4.78 is 32.9. The number of rotatable bonds is 8. The first-order valence-electron chi connectivity index (χ1n) is 9.53. The van der Waals surface area contributed by atoms with Gasteiger partial charge in [-0.25, -0.2) is 13.2 Å². The van der Waals surface area contributed by atoms with E-state index in [1.54, 1.807) is 23.1 Å². The molecule has 0 unspecified atom stereocenters. The number of piperazine rings is 1. The monoisotopic (exact) mass is 491 g/mol. The van der Waals surface area contributed by atoms with Gasteiger partial charge in [-0.05, 0) is 49.2 Å². The molecule has 164 valence electrons. The maximum Gasteiger partial charge on any atom is 0.317 e. The molecule has 7 nitrogen and oxygen atoms in total. The molecule has 2 heterocycles. The molecule has 0 saturated carbocycles. The maximum absolute atomic E-state index is 12.6. The molecule has 1 fully saturated rings. The number of nitrogens with one attached hydrogen (secondary N) is 1.